The predicted octanol–water partition coefficient (Wildman–Crippen LogP) is 5.25. The molecule has 94 valence electrons. The number of thiophene rings is 1. The molecule has 0 nitrogen and oxygen atoms in total. The van der Waals surface area contributed by atoms with E-state index in [1.165, 1.54) is 28.9 Å². The molecule has 1 aromatic heterocycles. The molecule has 0 unspecified atom stereocenters. The Morgan fingerprint density at radius 2 is 1.53 bits per heavy atom. The Kier molecular flexibility index (Phi) is 2.66. The molecule has 0 N–H and O–H groups in total. The molecule has 0 fully saturated rings. The average Bonchev–Trinajstić information content (AvgIpc) is 3.03. The highest BCUT2D eigenvalue weighted by Gasteiger charge is 2.31. The number of hydrogen-bond donors (Lipinski definition) is 0. The summed E-state index contributed by atoms with van der Waals surface area (Å²) < 4.78 is 0. The van der Waals surface area contributed by atoms with E-state index >= 15 is 0 Å². The molecule has 3 aliphatic carbocycles. The Bertz CT molecular complexity index is 632. The van der Waals surface area contributed by atoms with E-state index in [0.717, 1.165) is 0 Å². The molecular formula is C18H16S. The molecule has 1 heterocycles. The molecule has 2 aromatic rings. The van der Waals surface area contributed by atoms with E-state index in [2.05, 4.69) is 60.0 Å². The quantitative estimate of drug-likeness (QED) is 0.694. The molecule has 0 saturated carbocycles. The average molecular weight is 264 g/mol. The van der Waals surface area contributed by atoms with Crippen LogP contribution in [0.4, 0.5) is 0 Å². The van der Waals surface area contributed by atoms with Gasteiger partial charge in [-0.15, -0.1) is 11.3 Å². The Morgan fingerprint density at radius 3 is 2.16 bits per heavy atom. The summed E-state index contributed by atoms with van der Waals surface area (Å²) in [6.45, 7) is 0. The third-order valence-corrected chi connectivity index (χ3v) is 5.18. The fourth-order valence-corrected chi connectivity index (χ4v) is 4.16. The highest BCUT2D eigenvalue weighted by molar-refractivity contribution is 7.11. The van der Waals surface area contributed by atoms with E-state index in [0.29, 0.717) is 11.8 Å². The Balaban J connectivity index is 1.73. The van der Waals surface area contributed by atoms with Crippen LogP contribution in [0.5, 0.6) is 0 Å². The molecular weight excluding hydrogens is 248 g/mol. The van der Waals surface area contributed by atoms with Gasteiger partial charge >= 0.3 is 0 Å². The molecule has 1 heteroatoms. The molecule has 0 spiro atoms. The van der Waals surface area contributed by atoms with Crippen molar-refractivity contribution in [2.24, 2.45) is 11.8 Å². The molecule has 19 heavy (non-hydrogen) atoms. The standard InChI is InChI=1S/C18H16S/c1-2-5-13(6-3-1)16-11-15-9-8-14(16)12-17(15)18-7-4-10-19-18/h1-7,10-12,14-15H,8-9H2/t14-,15-/m1/s1. The largest absolute Gasteiger partial charge is 0.144 e. The molecule has 0 amide bonds. The van der Waals surface area contributed by atoms with E-state index in [1.54, 1.807) is 5.57 Å². The summed E-state index contributed by atoms with van der Waals surface area (Å²) >= 11 is 1.87. The number of hydrogen-bond acceptors (Lipinski definition) is 1. The minimum atomic E-state index is 0.615. The highest BCUT2D eigenvalue weighted by Crippen LogP contribution is 2.47. The van der Waals surface area contributed by atoms with E-state index in [-0.39, 0.29) is 0 Å². The summed E-state index contributed by atoms with van der Waals surface area (Å²) in [7, 11) is 0. The first kappa shape index (κ1) is 11.2. The van der Waals surface area contributed by atoms with E-state index in [4.69, 9.17) is 0 Å². The molecule has 0 saturated heterocycles. The van der Waals surface area contributed by atoms with Crippen LogP contribution in [-0.2, 0) is 0 Å². The van der Waals surface area contributed by atoms with Crippen molar-refractivity contribution in [1.29, 1.82) is 0 Å². The van der Waals surface area contributed by atoms with Gasteiger partial charge in [0.15, 0.2) is 0 Å². The zero-order valence-electron chi connectivity index (χ0n) is 10.8. The maximum atomic E-state index is 2.52. The molecule has 3 aliphatic rings. The smallest absolute Gasteiger partial charge is 0.0305 e. The maximum Gasteiger partial charge on any atom is 0.0305 e. The summed E-state index contributed by atoms with van der Waals surface area (Å²) in [4.78, 5) is 1.46. The summed E-state index contributed by atoms with van der Waals surface area (Å²) in [5.74, 6) is 1.24. The zero-order valence-corrected chi connectivity index (χ0v) is 11.6. The van der Waals surface area contributed by atoms with Gasteiger partial charge in [-0.3, -0.25) is 0 Å². The van der Waals surface area contributed by atoms with Crippen LogP contribution < -0.4 is 0 Å². The molecule has 1 aromatic carbocycles. The lowest BCUT2D eigenvalue weighted by atomic mass is 9.70. The van der Waals surface area contributed by atoms with Crippen molar-refractivity contribution in [3.63, 3.8) is 0 Å². The lowest BCUT2D eigenvalue weighted by Gasteiger charge is -2.35. The zero-order chi connectivity index (χ0) is 12.7. The van der Waals surface area contributed by atoms with Crippen molar-refractivity contribution in [3.8, 4) is 0 Å². The molecule has 2 atom stereocenters. The van der Waals surface area contributed by atoms with Crippen molar-refractivity contribution in [3.05, 3.63) is 70.4 Å². The highest BCUT2D eigenvalue weighted by atomic mass is 32.1. The molecule has 0 radical (unpaired) electrons. The summed E-state index contributed by atoms with van der Waals surface area (Å²) in [5.41, 5.74) is 4.50. The SMILES string of the molecule is C1=C(c2ccccc2)[C@H]2C=C(c3cccs3)[C@@H]1CC2. The first-order valence-electron chi connectivity index (χ1n) is 6.94. The first-order valence-corrected chi connectivity index (χ1v) is 7.82. The van der Waals surface area contributed by atoms with E-state index < -0.39 is 0 Å². The van der Waals surface area contributed by atoms with Crippen LogP contribution in [-0.4, -0.2) is 0 Å². The Hall–Kier alpha value is -1.60. The van der Waals surface area contributed by atoms with Gasteiger partial charge in [0.25, 0.3) is 0 Å². The predicted molar refractivity (Wildman–Crippen MR) is 82.9 cm³/mol. The van der Waals surface area contributed by atoms with Crippen molar-refractivity contribution in [2.75, 3.05) is 0 Å². The van der Waals surface area contributed by atoms with Crippen LogP contribution in [0.1, 0.15) is 23.3 Å². The van der Waals surface area contributed by atoms with E-state index in [9.17, 15) is 0 Å². The van der Waals surface area contributed by atoms with Crippen LogP contribution in [0.15, 0.2) is 60.0 Å². The van der Waals surface area contributed by atoms with Gasteiger partial charge in [-0.1, -0.05) is 48.6 Å². The third kappa shape index (κ3) is 1.89. The number of allylic oxidation sites excluding steroid dienone is 4. The van der Waals surface area contributed by atoms with Crippen LogP contribution in [0.2, 0.25) is 0 Å². The second-order valence-corrected chi connectivity index (χ2v) is 6.33. The topological polar surface area (TPSA) is 0 Å². The minimum absolute atomic E-state index is 0.615. The maximum absolute atomic E-state index is 2.52. The second-order valence-electron chi connectivity index (χ2n) is 5.38. The summed E-state index contributed by atoms with van der Waals surface area (Å²) in [6.07, 6.45) is 7.64. The van der Waals surface area contributed by atoms with Crippen molar-refractivity contribution < 1.29 is 0 Å². The van der Waals surface area contributed by atoms with Crippen LogP contribution in [0.25, 0.3) is 11.1 Å². The molecule has 5 rings (SSSR count). The monoisotopic (exact) mass is 264 g/mol. The van der Waals surface area contributed by atoms with Gasteiger partial charge in [0.05, 0.1) is 0 Å². The van der Waals surface area contributed by atoms with Crippen LogP contribution in [0, 0.1) is 11.8 Å². The van der Waals surface area contributed by atoms with Gasteiger partial charge in [0.1, 0.15) is 0 Å². The molecule has 2 bridgehead atoms. The Labute approximate surface area is 118 Å². The van der Waals surface area contributed by atoms with E-state index in [1.807, 2.05) is 11.3 Å². The van der Waals surface area contributed by atoms with Crippen molar-refractivity contribution in [1.82, 2.24) is 0 Å². The number of benzene rings is 1. The fraction of sp³-hybridized carbons (Fsp3) is 0.222. The van der Waals surface area contributed by atoms with Gasteiger partial charge in [-0.2, -0.15) is 0 Å². The number of fused-ring (bicyclic) bond motifs is 1. The number of rotatable bonds is 2. The van der Waals surface area contributed by atoms with Crippen molar-refractivity contribution in [2.45, 2.75) is 12.8 Å². The van der Waals surface area contributed by atoms with Crippen molar-refractivity contribution >= 4 is 22.5 Å². The van der Waals surface area contributed by atoms with Crippen LogP contribution in [0.3, 0.4) is 0 Å². The Morgan fingerprint density at radius 1 is 0.789 bits per heavy atom. The normalized spacial score (nSPS) is 25.1. The lowest BCUT2D eigenvalue weighted by molar-refractivity contribution is 0.557. The molecule has 0 aliphatic heterocycles. The van der Waals surface area contributed by atoms with Crippen LogP contribution >= 0.6 is 11.3 Å². The van der Waals surface area contributed by atoms with Gasteiger partial charge in [0, 0.05) is 16.7 Å². The second kappa shape index (κ2) is 4.50. The van der Waals surface area contributed by atoms with Gasteiger partial charge in [0.2, 0.25) is 0 Å². The minimum Gasteiger partial charge on any atom is -0.144 e. The fourth-order valence-electron chi connectivity index (χ4n) is 3.35. The summed E-state index contributed by atoms with van der Waals surface area (Å²) in [6, 6.07) is 15.3. The summed E-state index contributed by atoms with van der Waals surface area (Å²) in [5, 5.41) is 2.18. The third-order valence-electron chi connectivity index (χ3n) is 4.26. The van der Waals surface area contributed by atoms with Gasteiger partial charge < -0.3 is 0 Å². The van der Waals surface area contributed by atoms with Gasteiger partial charge in [-0.25, -0.2) is 0 Å². The first-order chi connectivity index (χ1) is 9.42. The lowest BCUT2D eigenvalue weighted by Crippen LogP contribution is -2.19. The van der Waals surface area contributed by atoms with Gasteiger partial charge in [-0.05, 0) is 41.0 Å².